The molecule has 18 heteroatoms. The number of hydrogen-bond acceptors (Lipinski definition) is 13. The van der Waals surface area contributed by atoms with E-state index in [-0.39, 0.29) is 76.4 Å². The van der Waals surface area contributed by atoms with E-state index < -0.39 is 11.9 Å². The van der Waals surface area contributed by atoms with E-state index in [0.717, 1.165) is 112 Å². The number of allylic oxidation sites excluding steroid dienone is 2. The number of nitrogens with zero attached hydrogens (tertiary/aromatic N) is 2. The summed E-state index contributed by atoms with van der Waals surface area (Å²) in [6, 6.07) is 19.4. The van der Waals surface area contributed by atoms with E-state index in [0.29, 0.717) is 147 Å². The summed E-state index contributed by atoms with van der Waals surface area (Å²) in [4.78, 5) is 102. The standard InChI is InChI=1S/C53H63N3O7.C22H30O4.C2H6N2PS/c1-6-7-26-56-43-14-10-8-12-39(43)48(40-13-9-11-15-44(40)56)51(61)63-49-33(2)29-36(30-34(49)3)50(60)55-25-28-62-27-24-54-46(59)19-16-35-31-37-32-38(57)20-22-52(37,4)42-21-23-53(5)41(47(35)42)17-18-45(53)58;1-21-9-7-15(23)12-14(21)11-13(3-6-19(25)26)20-16-4-5-18(24)22(16,2)10-8-17(20)21;3-1-2-4-5-6/h8-15,29-30,32,35,41-42,47H,6-7,16-28,31H2,1-5H3,(H-,54,55,59,60);12-13,16-17,20H,3-11H2,1-2H3,(H,25,26);1-3H2/q;;+1/p+1/t35?,41?,42?,47?,52-,53-;13?,16?,17?,20?,21-,22-;/m00./s1. The molecule has 5 N–H and O–H groups in total. The Morgan fingerprint density at radius 2 is 1.18 bits per heavy atom. The molecule has 95 heavy (non-hydrogen) atoms. The first-order chi connectivity index (χ1) is 45.5. The van der Waals surface area contributed by atoms with Crippen molar-refractivity contribution in [3.05, 3.63) is 106 Å². The molecule has 508 valence electrons. The molecule has 16 nitrogen and oxygen atoms in total. The Morgan fingerprint density at radius 3 is 1.66 bits per heavy atom. The molecule has 0 saturated heterocycles. The summed E-state index contributed by atoms with van der Waals surface area (Å²) >= 11 is 4.47. The maximum absolute atomic E-state index is 14.1. The average Bonchev–Trinajstić information content (AvgIpc) is 1.71. The van der Waals surface area contributed by atoms with Crippen LogP contribution in [0.3, 0.4) is 0 Å². The quantitative estimate of drug-likeness (QED) is 0.0161. The van der Waals surface area contributed by atoms with Crippen LogP contribution in [0.5, 0.6) is 5.75 Å². The van der Waals surface area contributed by atoms with E-state index >= 15 is 0 Å². The fourth-order valence-corrected chi connectivity index (χ4v) is 19.8. The van der Waals surface area contributed by atoms with Crippen LogP contribution in [0.15, 0.2) is 88.7 Å². The molecule has 8 aliphatic rings. The topological polar surface area (TPSA) is 242 Å². The summed E-state index contributed by atoms with van der Waals surface area (Å²) in [5.41, 5.74) is 11.5. The van der Waals surface area contributed by atoms with Crippen molar-refractivity contribution in [1.82, 2.24) is 10.6 Å². The van der Waals surface area contributed by atoms with Crippen molar-refractivity contribution in [3.63, 3.8) is 0 Å². The molecule has 1 heterocycles. The third-order valence-electron chi connectivity index (χ3n) is 24.3. The first-order valence-electron chi connectivity index (χ1n) is 35.3. The van der Waals surface area contributed by atoms with Crippen LogP contribution in [-0.4, -0.2) is 91.4 Å². The van der Waals surface area contributed by atoms with Crippen LogP contribution in [-0.2, 0) is 51.9 Å². The molecule has 1 aromatic heterocycles. The molecule has 0 radical (unpaired) electrons. The normalized spacial score (nSPS) is 29.5. The van der Waals surface area contributed by atoms with E-state index in [1.54, 1.807) is 12.1 Å². The van der Waals surface area contributed by atoms with E-state index in [9.17, 15) is 43.5 Å². The molecule has 0 spiro atoms. The number of carboxylic acids is 1. The van der Waals surface area contributed by atoms with Crippen molar-refractivity contribution in [1.29, 1.82) is 0 Å². The number of aryl methyl sites for hydroxylation is 3. The van der Waals surface area contributed by atoms with Gasteiger partial charge in [-0.2, -0.15) is 4.57 Å². The fraction of sp³-hybridized carbons (Fsp3) is 0.597. The predicted octanol–water partition coefficient (Wildman–Crippen LogP) is 13.6. The molecule has 6 fully saturated rings. The van der Waals surface area contributed by atoms with E-state index in [1.807, 2.05) is 62.4 Å². The number of nitrogens with two attached hydrogens (primary N) is 1. The summed E-state index contributed by atoms with van der Waals surface area (Å²) in [7, 11) is 0.674. The SMILES string of the molecule is CCCC[n+]1c2ccccc2c(C(=O)Oc2c(C)cc(C(=O)NCCOCCNC(=O)CCC3CC4=CC(=O)CC[C@]4(C)C4CC[C@]5(C)C(=O)CCC5C34)cc2C)c2ccccc21.C[C@]12CCC(=O)C=C1CC(CCC(=O)O)C1C2CC[C@]2(C)C(=O)CCC12.NCCN=[P+]=S. The number of carbonyl (C=O) groups excluding carboxylic acids is 7. The second-order valence-corrected chi connectivity index (χ2v) is 30.6. The molecule has 0 bridgehead atoms. The first-order valence-corrected chi connectivity index (χ1v) is 37.1. The van der Waals surface area contributed by atoms with E-state index in [2.05, 4.69) is 78.5 Å². The van der Waals surface area contributed by atoms with Crippen LogP contribution in [0.2, 0.25) is 0 Å². The number of amides is 2. The van der Waals surface area contributed by atoms with Gasteiger partial charge in [0.1, 0.15) is 23.9 Å². The monoisotopic (exact) mass is 1330 g/mol. The van der Waals surface area contributed by atoms with E-state index in [1.165, 1.54) is 11.1 Å². The zero-order valence-electron chi connectivity index (χ0n) is 57.0. The Bertz CT molecular complexity index is 3690. The molecule has 3 aromatic carbocycles. The van der Waals surface area contributed by atoms with E-state index in [4.69, 9.17) is 15.2 Å². The Labute approximate surface area is 567 Å². The molecule has 0 aliphatic heterocycles. The van der Waals surface area contributed by atoms with Gasteiger partial charge in [-0.05, 0) is 197 Å². The molecule has 2 amide bonds. The number of ketones is 4. The number of fused-ring (bicyclic) bond motifs is 12. The molecule has 6 saturated carbocycles. The van der Waals surface area contributed by atoms with Crippen LogP contribution < -0.4 is 25.7 Å². The van der Waals surface area contributed by atoms with Crippen molar-refractivity contribution >= 4 is 87.6 Å². The molecule has 4 aromatic rings. The summed E-state index contributed by atoms with van der Waals surface area (Å²) in [6.45, 7) is 18.3. The van der Waals surface area contributed by atoms with Gasteiger partial charge in [-0.15, -0.1) is 0 Å². The van der Waals surface area contributed by atoms with Crippen molar-refractivity contribution in [2.24, 2.45) is 79.5 Å². The Morgan fingerprint density at radius 1 is 0.684 bits per heavy atom. The molecular formula is C77H100N5O11PS+2. The number of carboxylic acid groups (broad SMARTS) is 1. The Kier molecular flexibility index (Phi) is 23.1. The van der Waals surface area contributed by atoms with Crippen LogP contribution >= 0.6 is 7.15 Å². The number of aliphatic carboxylic acids is 1. The number of aromatic nitrogens is 1. The number of para-hydroxylation sites is 2. The van der Waals surface area contributed by atoms with Crippen molar-refractivity contribution < 1.29 is 57.5 Å². The number of ether oxygens (including phenoxy) is 2. The number of carbonyl (C=O) groups is 8. The molecule has 12 atom stereocenters. The molecule has 8 unspecified atom stereocenters. The minimum atomic E-state index is -0.746. The minimum absolute atomic E-state index is 0.00760. The molecule has 12 rings (SSSR count). The fourth-order valence-electron chi connectivity index (χ4n) is 19.3. The predicted molar refractivity (Wildman–Crippen MR) is 372 cm³/mol. The Hall–Kier alpha value is -6.26. The van der Waals surface area contributed by atoms with Gasteiger partial charge >= 0.3 is 54.5 Å². The summed E-state index contributed by atoms with van der Waals surface area (Å²) in [5.74, 6) is 3.30. The number of unbranched alkanes of at least 4 members (excludes halogenated alkanes) is 1. The second-order valence-electron chi connectivity index (χ2n) is 29.6. The van der Waals surface area contributed by atoms with Gasteiger partial charge in [0.15, 0.2) is 11.6 Å². The van der Waals surface area contributed by atoms with Gasteiger partial charge in [0.05, 0.1) is 29.5 Å². The summed E-state index contributed by atoms with van der Waals surface area (Å²) < 4.78 is 17.9. The average molecular weight is 1330 g/mol. The number of nitrogens with one attached hydrogen (secondary N) is 2. The van der Waals surface area contributed by atoms with Crippen LogP contribution in [0.4, 0.5) is 0 Å². The molecular weight excluding hydrogens is 1230 g/mol. The number of hydrogen-bond donors (Lipinski definition) is 4. The molecule has 8 aliphatic carbocycles. The number of benzene rings is 3. The van der Waals surface area contributed by atoms with Crippen LogP contribution in [0.1, 0.15) is 195 Å². The van der Waals surface area contributed by atoms with Gasteiger partial charge in [0, 0.05) is 86.6 Å². The maximum atomic E-state index is 14.1. The zero-order chi connectivity index (χ0) is 68.0. The number of esters is 1. The number of Topliss-reactive ketones (excluding diaryl/α,β-unsaturated/α-hetero) is 2. The number of rotatable bonds is 20. The number of pyridine rings is 1. The first kappa shape index (κ1) is 71.5. The van der Waals surface area contributed by atoms with Gasteiger partial charge in [-0.1, -0.05) is 76.5 Å². The van der Waals surface area contributed by atoms with Crippen molar-refractivity contribution in [2.75, 3.05) is 39.4 Å². The second kappa shape index (κ2) is 30.7. The van der Waals surface area contributed by atoms with Gasteiger partial charge in [0.25, 0.3) is 5.91 Å². The van der Waals surface area contributed by atoms with Crippen LogP contribution in [0, 0.1) is 82.9 Å². The van der Waals surface area contributed by atoms with Gasteiger partial charge in [-0.3, -0.25) is 33.6 Å². The zero-order valence-corrected chi connectivity index (χ0v) is 58.7. The Balaban J connectivity index is 0.000000252. The van der Waals surface area contributed by atoms with Gasteiger partial charge < -0.3 is 25.2 Å². The van der Waals surface area contributed by atoms with Crippen molar-refractivity contribution in [2.45, 2.75) is 183 Å². The van der Waals surface area contributed by atoms with Gasteiger partial charge in [-0.25, -0.2) is 4.79 Å². The van der Waals surface area contributed by atoms with Gasteiger partial charge in [0.2, 0.25) is 16.9 Å². The summed E-state index contributed by atoms with van der Waals surface area (Å²) in [6.07, 6.45) is 19.8. The summed E-state index contributed by atoms with van der Waals surface area (Å²) in [5, 5.41) is 16.8. The third kappa shape index (κ3) is 14.8. The van der Waals surface area contributed by atoms with Crippen LogP contribution in [0.25, 0.3) is 21.8 Å². The third-order valence-corrected chi connectivity index (χ3v) is 25.0. The van der Waals surface area contributed by atoms with Crippen molar-refractivity contribution in [3.8, 4) is 5.75 Å².